The second-order valence-electron chi connectivity index (χ2n) is 13.0. The largest absolute Gasteiger partial charge is 0.462 e. The van der Waals surface area contributed by atoms with Gasteiger partial charge >= 0.3 is 29.8 Å². The Morgan fingerprint density at radius 2 is 1.40 bits per heavy atom. The summed E-state index contributed by atoms with van der Waals surface area (Å²) in [4.78, 5) is 62.8. The predicted octanol–water partition coefficient (Wildman–Crippen LogP) is 1.29. The zero-order valence-electron chi connectivity index (χ0n) is 26.0. The molecule has 3 fully saturated rings. The van der Waals surface area contributed by atoms with Crippen LogP contribution >= 0.6 is 0 Å². The van der Waals surface area contributed by atoms with E-state index in [4.69, 9.17) is 28.4 Å². The molecule has 0 aromatic rings. The van der Waals surface area contributed by atoms with Gasteiger partial charge in [0.2, 0.25) is 0 Å². The highest BCUT2D eigenvalue weighted by Gasteiger charge is 2.79. The fourth-order valence-corrected chi connectivity index (χ4v) is 8.37. The van der Waals surface area contributed by atoms with Crippen LogP contribution in [0, 0.1) is 16.7 Å². The summed E-state index contributed by atoms with van der Waals surface area (Å²) in [6, 6.07) is 0. The van der Waals surface area contributed by atoms with Crippen LogP contribution in [-0.4, -0.2) is 94.5 Å². The van der Waals surface area contributed by atoms with E-state index in [1.807, 2.05) is 0 Å². The molecule has 4 rings (SSSR count). The van der Waals surface area contributed by atoms with Gasteiger partial charge in [-0.05, 0) is 18.1 Å². The summed E-state index contributed by atoms with van der Waals surface area (Å²) in [6.45, 7) is 12.3. The second-order valence-corrected chi connectivity index (χ2v) is 13.0. The number of esters is 5. The van der Waals surface area contributed by atoms with Crippen molar-refractivity contribution in [3.05, 3.63) is 11.1 Å². The lowest BCUT2D eigenvalue weighted by Gasteiger charge is -2.64. The molecule has 13 nitrogen and oxygen atoms in total. The van der Waals surface area contributed by atoms with Crippen LogP contribution in [0.3, 0.4) is 0 Å². The maximum absolute atomic E-state index is 12.9. The third-order valence-electron chi connectivity index (χ3n) is 10.0. The molecule has 2 saturated carbocycles. The van der Waals surface area contributed by atoms with Gasteiger partial charge in [-0.25, -0.2) is 0 Å². The number of carbonyl (C=O) groups excluding carboxylic acids is 5. The van der Waals surface area contributed by atoms with Gasteiger partial charge in [0.25, 0.3) is 0 Å². The molecular formula is C30H42O13. The Morgan fingerprint density at radius 1 is 0.837 bits per heavy atom. The average molecular weight is 611 g/mol. The summed E-state index contributed by atoms with van der Waals surface area (Å²) >= 11 is 0. The Kier molecular flexibility index (Phi) is 8.29. The smallest absolute Gasteiger partial charge is 0.303 e. The molecule has 0 radical (unpaired) electrons. The van der Waals surface area contributed by atoms with E-state index in [1.165, 1.54) is 34.6 Å². The molecule has 2 N–H and O–H groups in total. The Morgan fingerprint density at radius 3 is 1.91 bits per heavy atom. The van der Waals surface area contributed by atoms with Gasteiger partial charge in [-0.1, -0.05) is 20.8 Å². The second kappa shape index (κ2) is 10.8. The van der Waals surface area contributed by atoms with Crippen LogP contribution in [0.15, 0.2) is 11.1 Å². The van der Waals surface area contributed by atoms with E-state index in [2.05, 4.69) is 0 Å². The fourth-order valence-electron chi connectivity index (χ4n) is 8.37. The number of aliphatic hydroxyl groups excluding tert-OH is 1. The quantitative estimate of drug-likeness (QED) is 0.258. The van der Waals surface area contributed by atoms with E-state index in [0.29, 0.717) is 11.1 Å². The Bertz CT molecular complexity index is 1250. The highest BCUT2D eigenvalue weighted by molar-refractivity contribution is 5.70. The van der Waals surface area contributed by atoms with Crippen LogP contribution in [0.4, 0.5) is 0 Å². The molecule has 10 atom stereocenters. The molecule has 0 aromatic carbocycles. The highest BCUT2D eigenvalue weighted by atomic mass is 16.6. The minimum absolute atomic E-state index is 0.165. The van der Waals surface area contributed by atoms with Crippen molar-refractivity contribution < 1.29 is 62.6 Å². The van der Waals surface area contributed by atoms with E-state index in [0.717, 1.165) is 0 Å². The topological polar surface area (TPSA) is 181 Å². The van der Waals surface area contributed by atoms with Gasteiger partial charge in [0.15, 0.2) is 17.8 Å². The maximum Gasteiger partial charge on any atom is 0.303 e. The van der Waals surface area contributed by atoms with Crippen molar-refractivity contribution in [1.29, 1.82) is 0 Å². The molecule has 2 bridgehead atoms. The molecular weight excluding hydrogens is 568 g/mol. The van der Waals surface area contributed by atoms with Gasteiger partial charge in [0, 0.05) is 58.8 Å². The van der Waals surface area contributed by atoms with Crippen LogP contribution in [-0.2, 0) is 52.4 Å². The number of hydrogen-bond donors (Lipinski definition) is 2. The van der Waals surface area contributed by atoms with E-state index in [9.17, 15) is 34.2 Å². The third-order valence-corrected chi connectivity index (χ3v) is 10.0. The minimum Gasteiger partial charge on any atom is -0.462 e. The van der Waals surface area contributed by atoms with Gasteiger partial charge in [-0.15, -0.1) is 0 Å². The zero-order chi connectivity index (χ0) is 32.4. The number of carbonyl (C=O) groups is 5. The van der Waals surface area contributed by atoms with Crippen LogP contribution in [0.5, 0.6) is 0 Å². The lowest BCUT2D eigenvalue weighted by molar-refractivity contribution is -0.280. The molecule has 0 spiro atoms. The Hall–Kier alpha value is -3.03. The summed E-state index contributed by atoms with van der Waals surface area (Å²) in [5.74, 6) is -4.77. The molecule has 240 valence electrons. The number of rotatable bonds is 5. The van der Waals surface area contributed by atoms with E-state index in [-0.39, 0.29) is 19.4 Å². The first-order valence-electron chi connectivity index (χ1n) is 14.4. The van der Waals surface area contributed by atoms with Gasteiger partial charge in [0.1, 0.15) is 23.9 Å². The summed E-state index contributed by atoms with van der Waals surface area (Å²) in [6.07, 6.45) is -8.11. The fraction of sp³-hybridized carbons (Fsp3) is 0.767. The normalized spacial score (nSPS) is 41.1. The number of aliphatic hydroxyl groups is 2. The molecule has 1 aliphatic heterocycles. The number of fused-ring (bicyclic) bond motifs is 3. The molecule has 4 aliphatic rings. The third kappa shape index (κ3) is 4.93. The summed E-state index contributed by atoms with van der Waals surface area (Å²) < 4.78 is 35.6. The first-order valence-corrected chi connectivity index (χ1v) is 14.4. The summed E-state index contributed by atoms with van der Waals surface area (Å²) in [7, 11) is 0. The molecule has 3 aliphatic carbocycles. The average Bonchev–Trinajstić information content (AvgIpc) is 3.24. The minimum atomic E-state index is -1.91. The molecule has 1 saturated heterocycles. The molecule has 10 unspecified atom stereocenters. The molecule has 13 heteroatoms. The van der Waals surface area contributed by atoms with Gasteiger partial charge < -0.3 is 38.6 Å². The SMILES string of the molecule is CC(=O)OC1CC2(O)C3OCC4(OC(C)=O)C(O)CC(OC(C)=O)C(C)(C(OC(C)=O)C(OC(C)=O)C(=C1C)C2(C)C)C34. The maximum atomic E-state index is 12.9. The van der Waals surface area contributed by atoms with Crippen molar-refractivity contribution in [2.24, 2.45) is 16.7 Å². The van der Waals surface area contributed by atoms with Crippen LogP contribution < -0.4 is 0 Å². The van der Waals surface area contributed by atoms with Crippen molar-refractivity contribution in [2.75, 3.05) is 6.61 Å². The van der Waals surface area contributed by atoms with E-state index >= 15 is 0 Å². The predicted molar refractivity (Wildman–Crippen MR) is 145 cm³/mol. The molecule has 0 aromatic heterocycles. The summed E-state index contributed by atoms with van der Waals surface area (Å²) in [5.41, 5.74) is -5.79. The Labute approximate surface area is 250 Å². The zero-order valence-corrected chi connectivity index (χ0v) is 26.0. The van der Waals surface area contributed by atoms with Crippen molar-refractivity contribution in [2.45, 2.75) is 123 Å². The van der Waals surface area contributed by atoms with Crippen LogP contribution in [0.1, 0.15) is 75.2 Å². The van der Waals surface area contributed by atoms with Crippen molar-refractivity contribution in [1.82, 2.24) is 0 Å². The monoisotopic (exact) mass is 610 g/mol. The van der Waals surface area contributed by atoms with Crippen molar-refractivity contribution in [3.63, 3.8) is 0 Å². The van der Waals surface area contributed by atoms with Crippen molar-refractivity contribution in [3.8, 4) is 0 Å². The van der Waals surface area contributed by atoms with Crippen molar-refractivity contribution >= 4 is 29.8 Å². The molecule has 0 amide bonds. The first kappa shape index (κ1) is 32.9. The van der Waals surface area contributed by atoms with Gasteiger partial charge in [-0.3, -0.25) is 24.0 Å². The number of hydrogen-bond acceptors (Lipinski definition) is 13. The standard InChI is InChI=1S/C30H42O13/c1-13-19(39-14(2)31)11-30(37)26-24-28(9,25(42-17(5)34)23(41-16(4)33)22(13)27(30,7)8)21(40-15(3)32)10-20(36)29(24,12-38-26)43-18(6)35/h19-21,23-26,36-37H,10-12H2,1-9H3. The molecule has 43 heavy (non-hydrogen) atoms. The van der Waals surface area contributed by atoms with E-state index in [1.54, 1.807) is 27.7 Å². The number of ether oxygens (including phenoxy) is 6. The summed E-state index contributed by atoms with van der Waals surface area (Å²) in [5, 5.41) is 24.5. The van der Waals surface area contributed by atoms with E-state index < -0.39 is 94.4 Å². The lowest BCUT2D eigenvalue weighted by Crippen LogP contribution is -2.76. The first-order chi connectivity index (χ1) is 19.7. The highest BCUT2D eigenvalue weighted by Crippen LogP contribution is 2.66. The van der Waals surface area contributed by atoms with Gasteiger partial charge in [0.05, 0.1) is 18.1 Å². The lowest BCUT2D eigenvalue weighted by atomic mass is 9.45. The Balaban J connectivity index is 2.17. The van der Waals surface area contributed by atoms with Crippen LogP contribution in [0.25, 0.3) is 0 Å². The van der Waals surface area contributed by atoms with Gasteiger partial charge in [-0.2, -0.15) is 0 Å². The molecule has 1 heterocycles. The van der Waals surface area contributed by atoms with Crippen LogP contribution in [0.2, 0.25) is 0 Å².